The lowest BCUT2D eigenvalue weighted by Crippen LogP contribution is -2.28. The quantitative estimate of drug-likeness (QED) is 0.441. The highest BCUT2D eigenvalue weighted by molar-refractivity contribution is 5.75. The number of esters is 1. The predicted octanol–water partition coefficient (Wildman–Crippen LogP) is 2.32. The third-order valence-corrected chi connectivity index (χ3v) is 2.25. The average molecular weight is 253 g/mol. The van der Waals surface area contributed by atoms with Crippen molar-refractivity contribution >= 4 is 11.7 Å². The van der Waals surface area contributed by atoms with E-state index in [0.717, 1.165) is 0 Å². The van der Waals surface area contributed by atoms with E-state index in [4.69, 9.17) is 9.47 Å². The molecule has 0 bridgehead atoms. The second-order valence-corrected chi connectivity index (χ2v) is 3.52. The molecule has 0 aromatic heterocycles. The van der Waals surface area contributed by atoms with Crippen LogP contribution in [0.25, 0.3) is 0 Å². The molecule has 0 unspecified atom stereocenters. The van der Waals surface area contributed by atoms with Crippen molar-refractivity contribution in [2.45, 2.75) is 26.4 Å². The molecule has 0 spiro atoms. The highest BCUT2D eigenvalue weighted by Gasteiger charge is 2.19. The summed E-state index contributed by atoms with van der Waals surface area (Å²) < 4.78 is 10.3. The van der Waals surface area contributed by atoms with E-state index < -0.39 is 17.0 Å². The Morgan fingerprint density at radius 1 is 1.33 bits per heavy atom. The molecule has 1 aromatic rings. The van der Waals surface area contributed by atoms with Crippen LogP contribution in [0.5, 0.6) is 5.75 Å². The fourth-order valence-corrected chi connectivity index (χ4v) is 1.34. The molecular weight excluding hydrogens is 238 g/mol. The standard InChI is InChI=1S/C12H15NO5/c1-3-11(12(14)17-4-2)18-10-7-5-9(6-8-10)13(15)16/h5-8,11H,3-4H2,1-2H3/t11-/m0/s1. The number of ether oxygens (including phenoxy) is 2. The molecule has 0 aliphatic heterocycles. The van der Waals surface area contributed by atoms with Gasteiger partial charge in [-0.3, -0.25) is 10.1 Å². The molecule has 0 heterocycles. The van der Waals surface area contributed by atoms with Gasteiger partial charge in [-0.05, 0) is 25.5 Å². The average Bonchev–Trinajstić information content (AvgIpc) is 2.36. The highest BCUT2D eigenvalue weighted by Crippen LogP contribution is 2.19. The van der Waals surface area contributed by atoms with Crippen molar-refractivity contribution in [2.75, 3.05) is 6.61 Å². The van der Waals surface area contributed by atoms with Crippen molar-refractivity contribution in [3.63, 3.8) is 0 Å². The van der Waals surface area contributed by atoms with Crippen LogP contribution in [0.2, 0.25) is 0 Å². The molecule has 1 atom stereocenters. The summed E-state index contributed by atoms with van der Waals surface area (Å²) in [5.41, 5.74) is -0.0217. The van der Waals surface area contributed by atoms with E-state index in [1.807, 2.05) is 0 Å². The molecule has 18 heavy (non-hydrogen) atoms. The lowest BCUT2D eigenvalue weighted by Gasteiger charge is -2.15. The number of rotatable bonds is 6. The Balaban J connectivity index is 2.70. The molecule has 0 aliphatic rings. The van der Waals surface area contributed by atoms with Crippen LogP contribution in [0.3, 0.4) is 0 Å². The maximum Gasteiger partial charge on any atom is 0.347 e. The Morgan fingerprint density at radius 3 is 2.39 bits per heavy atom. The number of nitrogens with zero attached hydrogens (tertiary/aromatic N) is 1. The molecule has 1 aromatic carbocycles. The fourth-order valence-electron chi connectivity index (χ4n) is 1.34. The minimum Gasteiger partial charge on any atom is -0.479 e. The zero-order chi connectivity index (χ0) is 13.5. The topological polar surface area (TPSA) is 78.7 Å². The van der Waals surface area contributed by atoms with Gasteiger partial charge in [-0.25, -0.2) is 4.79 Å². The summed E-state index contributed by atoms with van der Waals surface area (Å²) in [6.07, 6.45) is -0.220. The van der Waals surface area contributed by atoms with Crippen LogP contribution in [0.4, 0.5) is 5.69 Å². The van der Waals surface area contributed by atoms with Crippen molar-refractivity contribution in [1.29, 1.82) is 0 Å². The number of carbonyl (C=O) groups is 1. The molecule has 98 valence electrons. The molecule has 0 radical (unpaired) electrons. The van der Waals surface area contributed by atoms with E-state index in [0.29, 0.717) is 18.8 Å². The van der Waals surface area contributed by atoms with Gasteiger partial charge in [0.1, 0.15) is 5.75 Å². The summed E-state index contributed by atoms with van der Waals surface area (Å²) in [5, 5.41) is 10.5. The minimum atomic E-state index is -0.689. The van der Waals surface area contributed by atoms with Crippen LogP contribution in [0.1, 0.15) is 20.3 Å². The van der Waals surface area contributed by atoms with Crippen molar-refractivity contribution in [3.8, 4) is 5.75 Å². The number of benzene rings is 1. The van der Waals surface area contributed by atoms with Gasteiger partial charge in [0.15, 0.2) is 6.10 Å². The van der Waals surface area contributed by atoms with Crippen LogP contribution >= 0.6 is 0 Å². The number of hydrogen-bond donors (Lipinski definition) is 0. The zero-order valence-electron chi connectivity index (χ0n) is 10.3. The first-order valence-corrected chi connectivity index (χ1v) is 5.66. The first kappa shape index (κ1) is 14.0. The monoisotopic (exact) mass is 253 g/mol. The maximum atomic E-state index is 11.5. The molecule has 0 fully saturated rings. The van der Waals surface area contributed by atoms with E-state index in [9.17, 15) is 14.9 Å². The number of non-ortho nitro benzene ring substituents is 1. The first-order chi connectivity index (χ1) is 8.58. The third-order valence-electron chi connectivity index (χ3n) is 2.25. The zero-order valence-corrected chi connectivity index (χ0v) is 10.3. The lowest BCUT2D eigenvalue weighted by molar-refractivity contribution is -0.384. The van der Waals surface area contributed by atoms with E-state index in [2.05, 4.69) is 0 Å². The van der Waals surface area contributed by atoms with Gasteiger partial charge in [-0.15, -0.1) is 0 Å². The van der Waals surface area contributed by atoms with Crippen LogP contribution in [-0.2, 0) is 9.53 Å². The Kier molecular flexibility index (Phi) is 5.10. The van der Waals surface area contributed by atoms with Gasteiger partial charge in [0.25, 0.3) is 5.69 Å². The van der Waals surface area contributed by atoms with E-state index in [1.165, 1.54) is 24.3 Å². The SMILES string of the molecule is CCOC(=O)[C@H](CC)Oc1ccc([N+](=O)[O-])cc1. The molecule has 6 nitrogen and oxygen atoms in total. The molecule has 0 amide bonds. The molecule has 0 saturated carbocycles. The van der Waals surface area contributed by atoms with Gasteiger partial charge in [-0.1, -0.05) is 6.92 Å². The smallest absolute Gasteiger partial charge is 0.347 e. The van der Waals surface area contributed by atoms with Crippen LogP contribution < -0.4 is 4.74 Å². The Hall–Kier alpha value is -2.11. The summed E-state index contributed by atoms with van der Waals surface area (Å²) in [5.74, 6) is -0.0288. The summed E-state index contributed by atoms with van der Waals surface area (Å²) in [6.45, 7) is 3.81. The van der Waals surface area contributed by atoms with E-state index in [1.54, 1.807) is 13.8 Å². The van der Waals surface area contributed by atoms with Crippen molar-refractivity contribution < 1.29 is 19.2 Å². The largest absolute Gasteiger partial charge is 0.479 e. The van der Waals surface area contributed by atoms with Crippen molar-refractivity contribution in [3.05, 3.63) is 34.4 Å². The van der Waals surface area contributed by atoms with Crippen molar-refractivity contribution in [1.82, 2.24) is 0 Å². The Bertz CT molecular complexity index is 415. The first-order valence-electron chi connectivity index (χ1n) is 5.66. The molecular formula is C12H15NO5. The molecule has 0 saturated heterocycles. The third kappa shape index (κ3) is 3.73. The van der Waals surface area contributed by atoms with Gasteiger partial charge in [-0.2, -0.15) is 0 Å². The van der Waals surface area contributed by atoms with Crippen LogP contribution in [-0.4, -0.2) is 23.6 Å². The molecule has 0 N–H and O–H groups in total. The van der Waals surface area contributed by atoms with Gasteiger partial charge in [0.2, 0.25) is 0 Å². The van der Waals surface area contributed by atoms with Gasteiger partial charge in [0, 0.05) is 12.1 Å². The predicted molar refractivity (Wildman–Crippen MR) is 64.4 cm³/mol. The van der Waals surface area contributed by atoms with Crippen LogP contribution in [0.15, 0.2) is 24.3 Å². The van der Waals surface area contributed by atoms with E-state index in [-0.39, 0.29) is 5.69 Å². The summed E-state index contributed by atoms with van der Waals surface area (Å²) in [6, 6.07) is 5.57. The number of hydrogen-bond acceptors (Lipinski definition) is 5. The molecule has 1 rings (SSSR count). The van der Waals surface area contributed by atoms with Gasteiger partial charge >= 0.3 is 5.97 Å². The molecule has 6 heteroatoms. The van der Waals surface area contributed by atoms with Gasteiger partial charge in [0.05, 0.1) is 11.5 Å². The fraction of sp³-hybridized carbons (Fsp3) is 0.417. The minimum absolute atomic E-state index is 0.0217. The summed E-state index contributed by atoms with van der Waals surface area (Å²) in [7, 11) is 0. The molecule has 0 aliphatic carbocycles. The Labute approximate surface area is 105 Å². The normalized spacial score (nSPS) is 11.7. The second-order valence-electron chi connectivity index (χ2n) is 3.52. The van der Waals surface area contributed by atoms with Gasteiger partial charge < -0.3 is 9.47 Å². The van der Waals surface area contributed by atoms with Crippen LogP contribution in [0, 0.1) is 10.1 Å². The summed E-state index contributed by atoms with van der Waals surface area (Å²) in [4.78, 5) is 21.5. The second kappa shape index (κ2) is 6.58. The van der Waals surface area contributed by atoms with Crippen molar-refractivity contribution in [2.24, 2.45) is 0 Å². The number of nitro groups is 1. The summed E-state index contributed by atoms with van der Waals surface area (Å²) >= 11 is 0. The highest BCUT2D eigenvalue weighted by atomic mass is 16.6. The maximum absolute atomic E-state index is 11.5. The number of carbonyl (C=O) groups excluding carboxylic acids is 1. The van der Waals surface area contributed by atoms with E-state index >= 15 is 0 Å². The Morgan fingerprint density at radius 2 is 1.94 bits per heavy atom. The number of nitro benzene ring substituents is 1. The lowest BCUT2D eigenvalue weighted by atomic mass is 10.2.